The van der Waals surface area contributed by atoms with Gasteiger partial charge in [-0.25, -0.2) is 13.2 Å². The summed E-state index contributed by atoms with van der Waals surface area (Å²) in [6.45, 7) is 0. The van der Waals surface area contributed by atoms with E-state index in [2.05, 4.69) is 0 Å². The second-order valence-corrected chi connectivity index (χ2v) is 4.54. The Morgan fingerprint density at radius 2 is 1.53 bits per heavy atom. The van der Waals surface area contributed by atoms with Gasteiger partial charge in [-0.05, 0) is 23.6 Å². The Morgan fingerprint density at radius 3 is 2.32 bits per heavy atom. The molecule has 0 N–H and O–H groups in total. The lowest BCUT2D eigenvalue weighted by Crippen LogP contribution is -1.94. The number of fused-ring (bicyclic) bond motifs is 1. The van der Waals surface area contributed by atoms with Crippen molar-refractivity contribution in [3.8, 4) is 11.1 Å². The van der Waals surface area contributed by atoms with Crippen LogP contribution in [0.2, 0.25) is 0 Å². The molecule has 0 saturated carbocycles. The van der Waals surface area contributed by atoms with Gasteiger partial charge in [-0.15, -0.1) is 0 Å². The van der Waals surface area contributed by atoms with E-state index < -0.39 is 17.5 Å². The van der Waals surface area contributed by atoms with Crippen LogP contribution in [-0.2, 0) is 6.42 Å². The van der Waals surface area contributed by atoms with E-state index in [1.54, 1.807) is 18.2 Å². The molecule has 0 spiro atoms. The van der Waals surface area contributed by atoms with Gasteiger partial charge in [0.25, 0.3) is 0 Å². The van der Waals surface area contributed by atoms with Gasteiger partial charge in [-0.2, -0.15) is 0 Å². The van der Waals surface area contributed by atoms with Crippen molar-refractivity contribution >= 4 is 5.78 Å². The minimum absolute atomic E-state index is 0.000971. The van der Waals surface area contributed by atoms with Crippen LogP contribution < -0.4 is 0 Å². The highest BCUT2D eigenvalue weighted by Gasteiger charge is 2.20. The molecule has 0 aliphatic heterocycles. The van der Waals surface area contributed by atoms with Crippen LogP contribution in [0.25, 0.3) is 11.1 Å². The van der Waals surface area contributed by atoms with Crippen LogP contribution >= 0.6 is 0 Å². The molecule has 3 rings (SSSR count). The summed E-state index contributed by atoms with van der Waals surface area (Å²) in [4.78, 5) is 11.5. The van der Waals surface area contributed by atoms with Crippen molar-refractivity contribution in [3.63, 3.8) is 0 Å². The lowest BCUT2D eigenvalue weighted by molar-refractivity contribution is 0.0994. The van der Waals surface area contributed by atoms with E-state index >= 15 is 0 Å². The maximum absolute atomic E-state index is 13.7. The number of ketones is 1. The van der Waals surface area contributed by atoms with E-state index in [1.165, 1.54) is 0 Å². The lowest BCUT2D eigenvalue weighted by Gasteiger charge is -2.07. The quantitative estimate of drug-likeness (QED) is 0.712. The van der Waals surface area contributed by atoms with Gasteiger partial charge in [-0.3, -0.25) is 4.79 Å². The first-order valence-electron chi connectivity index (χ1n) is 5.87. The molecule has 2 aromatic rings. The number of carbonyl (C=O) groups is 1. The Hall–Kier alpha value is -2.10. The molecule has 4 heteroatoms. The first-order valence-corrected chi connectivity index (χ1v) is 5.87. The average molecular weight is 262 g/mol. The van der Waals surface area contributed by atoms with Crippen molar-refractivity contribution < 1.29 is 18.0 Å². The number of Topliss-reactive ketones (excluding diaryl/α,β-unsaturated/α-hetero) is 1. The fourth-order valence-electron chi connectivity index (χ4n) is 2.37. The summed E-state index contributed by atoms with van der Waals surface area (Å²) in [5.74, 6) is -3.05. The number of benzene rings is 2. The van der Waals surface area contributed by atoms with Gasteiger partial charge in [0.05, 0.1) is 0 Å². The summed E-state index contributed by atoms with van der Waals surface area (Å²) < 4.78 is 39.7. The highest BCUT2D eigenvalue weighted by atomic mass is 19.2. The maximum atomic E-state index is 13.7. The van der Waals surface area contributed by atoms with Gasteiger partial charge in [0, 0.05) is 23.6 Å². The van der Waals surface area contributed by atoms with Gasteiger partial charge in [0.2, 0.25) is 0 Å². The summed E-state index contributed by atoms with van der Waals surface area (Å²) >= 11 is 0. The normalized spacial score (nSPS) is 13.7. The number of rotatable bonds is 1. The molecule has 0 aromatic heterocycles. The number of halogens is 3. The zero-order valence-corrected chi connectivity index (χ0v) is 9.84. The van der Waals surface area contributed by atoms with E-state index in [1.807, 2.05) is 0 Å². The Bertz CT molecular complexity index is 692. The number of aryl methyl sites for hydroxylation is 1. The predicted octanol–water partition coefficient (Wildman–Crippen LogP) is 3.90. The highest BCUT2D eigenvalue weighted by Crippen LogP contribution is 2.30. The standard InChI is InChI=1S/C15H9F3O/c16-12-7-14(18)13(17)6-11(12)9-1-3-10-8(5-9)2-4-15(10)19/h1,3,5-7H,2,4H2. The van der Waals surface area contributed by atoms with Crippen molar-refractivity contribution in [2.45, 2.75) is 12.8 Å². The summed E-state index contributed by atoms with van der Waals surface area (Å²) in [6, 6.07) is 6.20. The van der Waals surface area contributed by atoms with Crippen molar-refractivity contribution in [2.24, 2.45) is 0 Å². The Kier molecular flexibility index (Phi) is 2.66. The predicted molar refractivity (Wildman–Crippen MR) is 64.4 cm³/mol. The van der Waals surface area contributed by atoms with Crippen LogP contribution in [0.15, 0.2) is 30.3 Å². The number of hydrogen-bond acceptors (Lipinski definition) is 1. The van der Waals surface area contributed by atoms with Crippen molar-refractivity contribution in [2.75, 3.05) is 0 Å². The van der Waals surface area contributed by atoms with Crippen molar-refractivity contribution in [1.82, 2.24) is 0 Å². The molecular formula is C15H9F3O. The van der Waals surface area contributed by atoms with E-state index in [-0.39, 0.29) is 11.3 Å². The van der Waals surface area contributed by atoms with Crippen LogP contribution in [0.4, 0.5) is 13.2 Å². The van der Waals surface area contributed by atoms with Gasteiger partial charge >= 0.3 is 0 Å². The van der Waals surface area contributed by atoms with E-state index in [4.69, 9.17) is 0 Å². The van der Waals surface area contributed by atoms with Crippen LogP contribution in [0.1, 0.15) is 22.3 Å². The zero-order valence-electron chi connectivity index (χ0n) is 9.84. The van der Waals surface area contributed by atoms with Crippen LogP contribution in [-0.4, -0.2) is 5.78 Å². The fourth-order valence-corrected chi connectivity index (χ4v) is 2.37. The first-order chi connectivity index (χ1) is 9.06. The summed E-state index contributed by atoms with van der Waals surface area (Å²) in [6.07, 6.45) is 1.05. The van der Waals surface area contributed by atoms with Gasteiger partial charge in [-0.1, -0.05) is 18.2 Å². The molecule has 96 valence electrons. The smallest absolute Gasteiger partial charge is 0.163 e. The molecule has 19 heavy (non-hydrogen) atoms. The second kappa shape index (κ2) is 4.23. The van der Waals surface area contributed by atoms with Gasteiger partial charge < -0.3 is 0 Å². The number of hydrogen-bond donors (Lipinski definition) is 0. The van der Waals surface area contributed by atoms with Gasteiger partial charge in [0.1, 0.15) is 5.82 Å². The van der Waals surface area contributed by atoms with Crippen LogP contribution in [0.3, 0.4) is 0 Å². The molecule has 0 heterocycles. The molecule has 2 aromatic carbocycles. The molecular weight excluding hydrogens is 253 g/mol. The Morgan fingerprint density at radius 1 is 0.789 bits per heavy atom. The summed E-state index contributed by atoms with van der Waals surface area (Å²) in [5, 5.41) is 0. The average Bonchev–Trinajstić information content (AvgIpc) is 2.75. The van der Waals surface area contributed by atoms with Crippen molar-refractivity contribution in [1.29, 1.82) is 0 Å². The van der Waals surface area contributed by atoms with Crippen LogP contribution in [0.5, 0.6) is 0 Å². The topological polar surface area (TPSA) is 17.1 Å². The molecule has 0 saturated heterocycles. The molecule has 1 aliphatic carbocycles. The molecule has 0 amide bonds. The molecule has 0 radical (unpaired) electrons. The third-order valence-electron chi connectivity index (χ3n) is 3.35. The summed E-state index contributed by atoms with van der Waals surface area (Å²) in [7, 11) is 0. The molecule has 1 aliphatic rings. The SMILES string of the molecule is O=C1CCc2cc(-c3cc(F)c(F)cc3F)ccc21. The lowest BCUT2D eigenvalue weighted by atomic mass is 10.00. The van der Waals surface area contributed by atoms with Crippen molar-refractivity contribution in [3.05, 3.63) is 58.9 Å². The summed E-state index contributed by atoms with van der Waals surface area (Å²) in [5.41, 5.74) is 1.91. The highest BCUT2D eigenvalue weighted by molar-refractivity contribution is 6.00. The first kappa shape index (κ1) is 12.0. The molecule has 0 bridgehead atoms. The number of carbonyl (C=O) groups excluding carboxylic acids is 1. The van der Waals surface area contributed by atoms with E-state index in [0.29, 0.717) is 30.0 Å². The third kappa shape index (κ3) is 1.93. The maximum Gasteiger partial charge on any atom is 0.163 e. The third-order valence-corrected chi connectivity index (χ3v) is 3.35. The van der Waals surface area contributed by atoms with E-state index in [9.17, 15) is 18.0 Å². The molecule has 0 unspecified atom stereocenters. The minimum atomic E-state index is -1.21. The second-order valence-electron chi connectivity index (χ2n) is 4.54. The molecule has 0 fully saturated rings. The zero-order chi connectivity index (χ0) is 13.6. The van der Waals surface area contributed by atoms with Gasteiger partial charge in [0.15, 0.2) is 17.4 Å². The Labute approximate surface area is 107 Å². The van der Waals surface area contributed by atoms with E-state index in [0.717, 1.165) is 11.6 Å². The fraction of sp³-hybridized carbons (Fsp3) is 0.133. The largest absolute Gasteiger partial charge is 0.294 e. The molecule has 0 atom stereocenters. The van der Waals surface area contributed by atoms with Crippen LogP contribution in [0, 0.1) is 17.5 Å². The minimum Gasteiger partial charge on any atom is -0.294 e. The Balaban J connectivity index is 2.13. The molecule has 1 nitrogen and oxygen atoms in total. The monoisotopic (exact) mass is 262 g/mol.